The maximum Gasteiger partial charge on any atom is 0.331 e. The summed E-state index contributed by atoms with van der Waals surface area (Å²) in [6.45, 7) is -3.65. The first-order valence-corrected chi connectivity index (χ1v) is 12.4. The molecule has 20 nitrogen and oxygen atoms in total. The van der Waals surface area contributed by atoms with Crippen LogP contribution >= 0.6 is 0 Å². The van der Waals surface area contributed by atoms with E-state index < -0.39 is 124 Å². The van der Waals surface area contributed by atoms with Crippen LogP contribution in [0.5, 0.6) is 0 Å². The second kappa shape index (κ2) is 14.1. The molecule has 0 saturated carbocycles. The molecule has 0 bridgehead atoms. The van der Waals surface area contributed by atoms with Crippen molar-refractivity contribution in [3.8, 4) is 0 Å². The van der Waals surface area contributed by atoms with Crippen LogP contribution < -0.4 is 17.2 Å². The summed E-state index contributed by atoms with van der Waals surface area (Å²) in [4.78, 5) is 25.3. The molecule has 0 aromatic rings. The molecule has 3 aliphatic heterocycles. The van der Waals surface area contributed by atoms with E-state index in [1.54, 1.807) is 0 Å². The molecule has 20 heteroatoms. The minimum absolute atomic E-state index is 0.713. The van der Waals surface area contributed by atoms with E-state index in [4.69, 9.17) is 45.6 Å². The van der Waals surface area contributed by atoms with Gasteiger partial charge in [-0.25, -0.2) is 9.59 Å². The number of rotatable bonds is 10. The predicted octanol–water partition coefficient (Wildman–Crippen LogP) is -8.47. The number of hydrogen-bond acceptors (Lipinski definition) is 20. The van der Waals surface area contributed by atoms with Crippen molar-refractivity contribution in [1.29, 1.82) is 0 Å². The van der Waals surface area contributed by atoms with Gasteiger partial charge < -0.3 is 86.5 Å². The SMILES string of the molecule is N[C@H]1[C@@H](OC2[C@@H](CO)O[C@@H](OC3[C@@H](CO)O[C@@H](O)[C@H](N)[C@H]3O)[C@H](N)[C@H]2O)O[C@](CO)(OC(=O)CN=C=O)[C@@H](O)[C@@H]1O. The van der Waals surface area contributed by atoms with Crippen LogP contribution in [0.4, 0.5) is 0 Å². The number of aliphatic hydroxyl groups excluding tert-OH is 8. The molecule has 0 amide bonds. The number of carbonyl (C=O) groups is 1. The van der Waals surface area contributed by atoms with Crippen LogP contribution in [0.3, 0.4) is 0 Å². The van der Waals surface area contributed by atoms with Crippen molar-refractivity contribution in [3.63, 3.8) is 0 Å². The van der Waals surface area contributed by atoms with Gasteiger partial charge in [0.05, 0.1) is 31.3 Å². The number of nitrogens with two attached hydrogens (primary N) is 3. The third kappa shape index (κ3) is 6.90. The zero-order valence-electron chi connectivity index (χ0n) is 21.4. The smallest absolute Gasteiger partial charge is 0.331 e. The highest BCUT2D eigenvalue weighted by Gasteiger charge is 2.58. The Kier molecular flexibility index (Phi) is 11.6. The van der Waals surface area contributed by atoms with Crippen LogP contribution in [0.25, 0.3) is 0 Å². The molecule has 0 aliphatic carbocycles. The number of ether oxygens (including phenoxy) is 6. The molecule has 14 N–H and O–H groups in total. The molecule has 3 rings (SSSR count). The molecular formula is C21H36N4O16. The van der Waals surface area contributed by atoms with Crippen LogP contribution in [0.15, 0.2) is 4.99 Å². The van der Waals surface area contributed by atoms with Gasteiger partial charge in [0.1, 0.15) is 62.0 Å². The number of carbonyl (C=O) groups excluding carboxylic acids is 2. The van der Waals surface area contributed by atoms with Crippen LogP contribution in [0.2, 0.25) is 0 Å². The van der Waals surface area contributed by atoms with E-state index in [9.17, 15) is 50.4 Å². The van der Waals surface area contributed by atoms with E-state index in [2.05, 4.69) is 4.99 Å². The minimum atomic E-state index is -2.65. The summed E-state index contributed by atoms with van der Waals surface area (Å²) in [7, 11) is 0. The number of hydrogen-bond donors (Lipinski definition) is 11. The second-order valence-electron chi connectivity index (χ2n) is 9.66. The van der Waals surface area contributed by atoms with E-state index >= 15 is 0 Å². The van der Waals surface area contributed by atoms with Crippen molar-refractivity contribution < 1.29 is 78.9 Å². The molecule has 236 valence electrons. The summed E-state index contributed by atoms with van der Waals surface area (Å²) in [5.74, 6) is -3.92. The van der Waals surface area contributed by atoms with Gasteiger partial charge in [0.15, 0.2) is 18.9 Å². The van der Waals surface area contributed by atoms with E-state index in [1.165, 1.54) is 0 Å². The molecule has 0 aromatic heterocycles. The highest BCUT2D eigenvalue weighted by Crippen LogP contribution is 2.34. The lowest BCUT2D eigenvalue weighted by Crippen LogP contribution is -2.72. The zero-order valence-corrected chi connectivity index (χ0v) is 21.4. The fraction of sp³-hybridized carbons (Fsp3) is 0.905. The summed E-state index contributed by atoms with van der Waals surface area (Å²) < 4.78 is 32.4. The normalized spacial score (nSPS) is 46.9. The topological polar surface area (TPSA) is 342 Å². The Balaban J connectivity index is 1.78. The quantitative estimate of drug-likeness (QED) is 0.0629. The fourth-order valence-electron chi connectivity index (χ4n) is 4.62. The highest BCUT2D eigenvalue weighted by molar-refractivity contribution is 5.73. The summed E-state index contributed by atoms with van der Waals surface area (Å²) in [6, 6.07) is -4.40. The molecule has 0 radical (unpaired) electrons. The van der Waals surface area contributed by atoms with Crippen molar-refractivity contribution in [2.45, 2.75) is 91.6 Å². The molecule has 15 atom stereocenters. The number of aliphatic hydroxyl groups is 8. The minimum Gasteiger partial charge on any atom is -0.426 e. The monoisotopic (exact) mass is 600 g/mol. The Labute approximate surface area is 231 Å². The van der Waals surface area contributed by atoms with Gasteiger partial charge >= 0.3 is 5.97 Å². The summed E-state index contributed by atoms with van der Waals surface area (Å²) in [6.07, 6.45) is -17.0. The van der Waals surface area contributed by atoms with Gasteiger partial charge in [-0.15, -0.1) is 0 Å². The predicted molar refractivity (Wildman–Crippen MR) is 125 cm³/mol. The molecule has 2 unspecified atom stereocenters. The van der Waals surface area contributed by atoms with E-state index in [1.807, 2.05) is 0 Å². The third-order valence-corrected chi connectivity index (χ3v) is 6.98. The highest BCUT2D eigenvalue weighted by atomic mass is 16.8. The lowest BCUT2D eigenvalue weighted by molar-refractivity contribution is -0.399. The van der Waals surface area contributed by atoms with Crippen LogP contribution in [-0.2, 0) is 38.0 Å². The van der Waals surface area contributed by atoms with Crippen LogP contribution in [0.1, 0.15) is 0 Å². The molecule has 0 aromatic carbocycles. The van der Waals surface area contributed by atoms with Gasteiger partial charge in [-0.2, -0.15) is 4.99 Å². The number of aliphatic imine (C=N–C) groups is 1. The Hall–Kier alpha value is -1.79. The summed E-state index contributed by atoms with van der Waals surface area (Å²) in [5, 5.41) is 81.6. The third-order valence-electron chi connectivity index (χ3n) is 6.98. The van der Waals surface area contributed by atoms with Crippen LogP contribution in [-0.4, -0.2) is 171 Å². The molecule has 41 heavy (non-hydrogen) atoms. The van der Waals surface area contributed by atoms with Gasteiger partial charge in [0, 0.05) is 0 Å². The van der Waals surface area contributed by atoms with E-state index in [0.29, 0.717) is 0 Å². The fourth-order valence-corrected chi connectivity index (χ4v) is 4.62. The molecule has 3 heterocycles. The van der Waals surface area contributed by atoms with Crippen molar-refractivity contribution in [2.75, 3.05) is 26.4 Å². The first-order valence-electron chi connectivity index (χ1n) is 12.4. The van der Waals surface area contributed by atoms with Gasteiger partial charge in [0.25, 0.3) is 5.79 Å². The van der Waals surface area contributed by atoms with Gasteiger partial charge in [-0.05, 0) is 0 Å². The van der Waals surface area contributed by atoms with E-state index in [0.717, 1.165) is 6.08 Å². The van der Waals surface area contributed by atoms with Crippen molar-refractivity contribution in [2.24, 2.45) is 22.2 Å². The van der Waals surface area contributed by atoms with Crippen LogP contribution in [0, 0.1) is 0 Å². The maximum absolute atomic E-state index is 12.0. The van der Waals surface area contributed by atoms with E-state index in [-0.39, 0.29) is 0 Å². The van der Waals surface area contributed by atoms with Crippen molar-refractivity contribution in [3.05, 3.63) is 0 Å². The molecule has 3 saturated heterocycles. The van der Waals surface area contributed by atoms with Crippen molar-refractivity contribution >= 4 is 12.0 Å². The van der Waals surface area contributed by atoms with Gasteiger partial charge in [-0.1, -0.05) is 0 Å². The van der Waals surface area contributed by atoms with Gasteiger partial charge in [-0.3, -0.25) is 0 Å². The Morgan fingerprint density at radius 2 is 1.37 bits per heavy atom. The first-order chi connectivity index (χ1) is 19.3. The lowest BCUT2D eigenvalue weighted by atomic mass is 9.93. The summed E-state index contributed by atoms with van der Waals surface area (Å²) in [5.41, 5.74) is 17.7. The Bertz CT molecular complexity index is 926. The number of esters is 1. The maximum atomic E-state index is 12.0. The average molecular weight is 601 g/mol. The second-order valence-corrected chi connectivity index (χ2v) is 9.66. The largest absolute Gasteiger partial charge is 0.426 e. The number of isocyanates is 1. The first kappa shape index (κ1) is 33.7. The molecule has 3 fully saturated rings. The summed E-state index contributed by atoms with van der Waals surface area (Å²) >= 11 is 0. The van der Waals surface area contributed by atoms with Crippen molar-refractivity contribution in [1.82, 2.24) is 0 Å². The molecule has 0 spiro atoms. The lowest BCUT2D eigenvalue weighted by Gasteiger charge is -2.50. The standard InChI is InChI=1S/C21H36N4O16/c22-9-12(31)15(6(2-26)36-18(9)35)38-19-10(23)13(32)16(7(3-27)37-19)39-20-11(24)14(33)17(34)21(4-28,41-20)40-8(30)1-25-5-29/h6-7,9-20,26-28,31-35H,1-4,22-24H2/t6-,7-,9-,10-,11-,12-,13-,14-,15?,16?,17+,18-,19+,20+,21+/m1/s1. The Morgan fingerprint density at radius 3 is 1.93 bits per heavy atom. The average Bonchev–Trinajstić information content (AvgIpc) is 2.96. The molecular weight excluding hydrogens is 564 g/mol. The van der Waals surface area contributed by atoms with Gasteiger partial charge in [0.2, 0.25) is 6.08 Å². The number of nitrogens with zero attached hydrogens (tertiary/aromatic N) is 1. The Morgan fingerprint density at radius 1 is 0.829 bits per heavy atom. The zero-order chi connectivity index (χ0) is 30.6. The molecule has 3 aliphatic rings.